The van der Waals surface area contributed by atoms with E-state index in [4.69, 9.17) is 5.11 Å². The Morgan fingerprint density at radius 2 is 2.09 bits per heavy atom. The predicted octanol–water partition coefficient (Wildman–Crippen LogP) is 2.75. The molecular formula is C16H17FN2O3. The van der Waals surface area contributed by atoms with Crippen LogP contribution in [-0.4, -0.2) is 27.5 Å². The van der Waals surface area contributed by atoms with Gasteiger partial charge in [-0.25, -0.2) is 4.39 Å². The third-order valence-electron chi connectivity index (χ3n) is 3.33. The highest BCUT2D eigenvalue weighted by Crippen LogP contribution is 2.20. The lowest BCUT2D eigenvalue weighted by Crippen LogP contribution is -2.43. The molecule has 0 fully saturated rings. The number of rotatable bonds is 5. The molecular weight excluding hydrogens is 287 g/mol. The van der Waals surface area contributed by atoms with Crippen molar-refractivity contribution in [2.24, 2.45) is 0 Å². The lowest BCUT2D eigenvalue weighted by Gasteiger charge is -2.25. The second-order valence-corrected chi connectivity index (χ2v) is 5.76. The first kappa shape index (κ1) is 15.9. The summed E-state index contributed by atoms with van der Waals surface area (Å²) in [5.41, 5.74) is -0.169. The van der Waals surface area contributed by atoms with Crippen molar-refractivity contribution in [1.82, 2.24) is 10.3 Å². The summed E-state index contributed by atoms with van der Waals surface area (Å²) < 4.78 is 13.7. The summed E-state index contributed by atoms with van der Waals surface area (Å²) in [5, 5.41) is 12.0. The van der Waals surface area contributed by atoms with E-state index in [1.54, 1.807) is 26.0 Å². The molecule has 0 spiro atoms. The van der Waals surface area contributed by atoms with Gasteiger partial charge in [0.1, 0.15) is 5.82 Å². The fraction of sp³-hybridized carbons (Fsp3) is 0.312. The number of fused-ring (bicyclic) bond motifs is 1. The zero-order valence-corrected chi connectivity index (χ0v) is 12.4. The first-order chi connectivity index (χ1) is 10.3. The quantitative estimate of drug-likeness (QED) is 0.890. The Bertz CT molecular complexity index is 728. The summed E-state index contributed by atoms with van der Waals surface area (Å²) in [6.45, 7) is 3.45. The molecule has 0 aliphatic carbocycles. The monoisotopic (exact) mass is 304 g/mol. The average Bonchev–Trinajstić information content (AvgIpc) is 2.44. The number of halogens is 1. The van der Waals surface area contributed by atoms with Crippen molar-refractivity contribution < 1.29 is 19.1 Å². The first-order valence-corrected chi connectivity index (χ1v) is 6.87. The molecule has 2 rings (SSSR count). The van der Waals surface area contributed by atoms with Gasteiger partial charge >= 0.3 is 5.97 Å². The minimum atomic E-state index is -0.930. The van der Waals surface area contributed by atoms with Crippen LogP contribution in [0.4, 0.5) is 4.39 Å². The number of carboxylic acids is 1. The van der Waals surface area contributed by atoms with Crippen molar-refractivity contribution in [3.05, 3.63) is 41.8 Å². The maximum atomic E-state index is 13.7. The van der Waals surface area contributed by atoms with Gasteiger partial charge < -0.3 is 10.4 Å². The van der Waals surface area contributed by atoms with E-state index < -0.39 is 23.2 Å². The summed E-state index contributed by atoms with van der Waals surface area (Å²) in [6.07, 6.45) is 1.75. The van der Waals surface area contributed by atoms with Crippen LogP contribution in [0.1, 0.15) is 37.0 Å². The van der Waals surface area contributed by atoms with E-state index in [9.17, 15) is 14.0 Å². The van der Waals surface area contributed by atoms with Gasteiger partial charge in [-0.15, -0.1) is 0 Å². The molecule has 116 valence electrons. The van der Waals surface area contributed by atoms with Crippen molar-refractivity contribution >= 4 is 22.8 Å². The lowest BCUT2D eigenvalue weighted by atomic mass is 9.97. The van der Waals surface area contributed by atoms with Crippen molar-refractivity contribution in [2.75, 3.05) is 0 Å². The molecule has 22 heavy (non-hydrogen) atoms. The van der Waals surface area contributed by atoms with Gasteiger partial charge in [0.15, 0.2) is 0 Å². The van der Waals surface area contributed by atoms with E-state index in [1.165, 1.54) is 12.3 Å². The lowest BCUT2D eigenvalue weighted by molar-refractivity contribution is -0.137. The van der Waals surface area contributed by atoms with Crippen LogP contribution in [0, 0.1) is 5.82 Å². The van der Waals surface area contributed by atoms with Gasteiger partial charge in [0, 0.05) is 23.5 Å². The van der Waals surface area contributed by atoms with Crippen LogP contribution in [0.25, 0.3) is 10.9 Å². The van der Waals surface area contributed by atoms with Crippen molar-refractivity contribution in [3.8, 4) is 0 Å². The molecule has 0 atom stereocenters. The fourth-order valence-corrected chi connectivity index (χ4v) is 2.19. The number of carbonyl (C=O) groups excluding carboxylic acids is 1. The van der Waals surface area contributed by atoms with E-state index in [0.717, 1.165) is 6.07 Å². The van der Waals surface area contributed by atoms with Crippen LogP contribution < -0.4 is 5.32 Å². The summed E-state index contributed by atoms with van der Waals surface area (Å²) >= 11 is 0. The molecule has 0 aliphatic heterocycles. The Labute approximate surface area is 127 Å². The van der Waals surface area contributed by atoms with Gasteiger partial charge in [-0.2, -0.15) is 0 Å². The van der Waals surface area contributed by atoms with Gasteiger partial charge in [-0.1, -0.05) is 6.07 Å². The van der Waals surface area contributed by atoms with E-state index in [1.807, 2.05) is 0 Å². The number of nitrogens with zero attached hydrogens (tertiary/aromatic N) is 1. The second kappa shape index (κ2) is 6.09. The third-order valence-corrected chi connectivity index (χ3v) is 3.33. The van der Waals surface area contributed by atoms with Crippen molar-refractivity contribution in [1.29, 1.82) is 0 Å². The number of benzene rings is 1. The molecule has 0 bridgehead atoms. The van der Waals surface area contributed by atoms with Gasteiger partial charge in [-0.3, -0.25) is 14.6 Å². The number of pyridine rings is 1. The van der Waals surface area contributed by atoms with E-state index in [-0.39, 0.29) is 18.4 Å². The maximum Gasteiger partial charge on any atom is 0.303 e. The number of hydrogen-bond donors (Lipinski definition) is 2. The molecule has 1 amide bonds. The predicted molar refractivity (Wildman–Crippen MR) is 80.1 cm³/mol. The largest absolute Gasteiger partial charge is 0.481 e. The van der Waals surface area contributed by atoms with E-state index in [2.05, 4.69) is 10.3 Å². The molecule has 0 radical (unpaired) electrons. The Hall–Kier alpha value is -2.50. The highest BCUT2D eigenvalue weighted by Gasteiger charge is 2.23. The number of hydrogen-bond acceptors (Lipinski definition) is 3. The molecule has 0 saturated heterocycles. The summed E-state index contributed by atoms with van der Waals surface area (Å²) in [7, 11) is 0. The zero-order chi connectivity index (χ0) is 16.3. The number of carbonyl (C=O) groups is 2. The molecule has 1 aromatic carbocycles. The van der Waals surface area contributed by atoms with Crippen LogP contribution in [0.2, 0.25) is 0 Å². The molecule has 1 aromatic heterocycles. The minimum Gasteiger partial charge on any atom is -0.481 e. The summed E-state index contributed by atoms with van der Waals surface area (Å²) in [6, 6.07) is 5.80. The third kappa shape index (κ3) is 3.78. The second-order valence-electron chi connectivity index (χ2n) is 5.76. The topological polar surface area (TPSA) is 79.3 Å². The van der Waals surface area contributed by atoms with Crippen molar-refractivity contribution in [3.63, 3.8) is 0 Å². The fourth-order valence-electron chi connectivity index (χ4n) is 2.19. The van der Waals surface area contributed by atoms with Crippen LogP contribution in [0.5, 0.6) is 0 Å². The number of nitrogens with one attached hydrogen (secondary N) is 1. The van der Waals surface area contributed by atoms with Gasteiger partial charge in [0.25, 0.3) is 5.91 Å². The molecule has 1 heterocycles. The Morgan fingerprint density at radius 1 is 1.36 bits per heavy atom. The molecule has 5 nitrogen and oxygen atoms in total. The Balaban J connectivity index is 2.28. The molecule has 2 N–H and O–H groups in total. The SMILES string of the molecule is CC(C)(CCC(=O)O)NC(=O)c1cc(F)cc2cccnc12. The maximum absolute atomic E-state index is 13.7. The van der Waals surface area contributed by atoms with Crippen LogP contribution in [-0.2, 0) is 4.79 Å². The number of aliphatic carboxylic acids is 1. The van der Waals surface area contributed by atoms with Crippen LogP contribution in [0.3, 0.4) is 0 Å². The Kier molecular flexibility index (Phi) is 4.40. The first-order valence-electron chi connectivity index (χ1n) is 6.87. The van der Waals surface area contributed by atoms with Gasteiger partial charge in [0.05, 0.1) is 11.1 Å². The normalized spacial score (nSPS) is 11.4. The highest BCUT2D eigenvalue weighted by molar-refractivity contribution is 6.05. The highest BCUT2D eigenvalue weighted by atomic mass is 19.1. The number of carboxylic acid groups (broad SMARTS) is 1. The van der Waals surface area contributed by atoms with Gasteiger partial charge in [-0.05, 0) is 38.5 Å². The van der Waals surface area contributed by atoms with Gasteiger partial charge in [0.2, 0.25) is 0 Å². The van der Waals surface area contributed by atoms with Crippen LogP contribution >= 0.6 is 0 Å². The Morgan fingerprint density at radius 3 is 2.77 bits per heavy atom. The molecule has 6 heteroatoms. The van der Waals surface area contributed by atoms with Crippen molar-refractivity contribution in [2.45, 2.75) is 32.2 Å². The average molecular weight is 304 g/mol. The standard InChI is InChI=1S/C16H17FN2O3/c1-16(2,6-5-13(20)21)19-15(22)12-9-11(17)8-10-4-3-7-18-14(10)12/h3-4,7-9H,5-6H2,1-2H3,(H,19,22)(H,20,21). The smallest absolute Gasteiger partial charge is 0.303 e. The van der Waals surface area contributed by atoms with E-state index in [0.29, 0.717) is 10.9 Å². The molecule has 2 aromatic rings. The number of aromatic nitrogens is 1. The summed E-state index contributed by atoms with van der Waals surface area (Å²) in [5.74, 6) is -1.92. The molecule has 0 saturated carbocycles. The van der Waals surface area contributed by atoms with E-state index >= 15 is 0 Å². The minimum absolute atomic E-state index is 0.0601. The van der Waals surface area contributed by atoms with Crippen LogP contribution in [0.15, 0.2) is 30.5 Å². The summed E-state index contributed by atoms with van der Waals surface area (Å²) in [4.78, 5) is 27.2. The number of amides is 1. The molecule has 0 aliphatic rings. The zero-order valence-electron chi connectivity index (χ0n) is 12.4. The molecule has 0 unspecified atom stereocenters.